The molecule has 0 aliphatic carbocycles. The number of benzene rings is 1. The molecule has 0 saturated carbocycles. The molecular weight excluding hydrogens is 356 g/mol. The lowest BCUT2D eigenvalue weighted by Gasteiger charge is -2.34. The number of amides is 1. The highest BCUT2D eigenvalue weighted by molar-refractivity contribution is 9.10. The van der Waals surface area contributed by atoms with Crippen molar-refractivity contribution in [3.8, 4) is 0 Å². The number of carbonyl (C=O) groups is 1. The molecule has 1 aromatic rings. The molecule has 1 atom stereocenters. The van der Waals surface area contributed by atoms with E-state index in [0.29, 0.717) is 5.92 Å². The van der Waals surface area contributed by atoms with Gasteiger partial charge in [-0.25, -0.2) is 4.79 Å². The average molecular weight is 383 g/mol. The van der Waals surface area contributed by atoms with Crippen molar-refractivity contribution < 1.29 is 9.53 Å². The smallest absolute Gasteiger partial charge is 0.410 e. The summed E-state index contributed by atoms with van der Waals surface area (Å²) in [6.45, 7) is 9.08. The van der Waals surface area contributed by atoms with Gasteiger partial charge in [0.2, 0.25) is 0 Å². The third-order valence-corrected chi connectivity index (χ3v) is 4.32. The summed E-state index contributed by atoms with van der Waals surface area (Å²) >= 11 is 3.49. The number of ether oxygens (including phenoxy) is 1. The predicted molar refractivity (Wildman–Crippen MR) is 96.4 cm³/mol. The lowest BCUT2D eigenvalue weighted by molar-refractivity contribution is 0.0166. The Morgan fingerprint density at radius 3 is 2.91 bits per heavy atom. The Labute approximate surface area is 147 Å². The van der Waals surface area contributed by atoms with Gasteiger partial charge < -0.3 is 15.0 Å². The van der Waals surface area contributed by atoms with Crippen LogP contribution in [0.25, 0.3) is 0 Å². The molecule has 1 N–H and O–H groups in total. The normalized spacial score (nSPS) is 18.8. The third-order valence-electron chi connectivity index (χ3n) is 3.82. The number of halogens is 1. The van der Waals surface area contributed by atoms with Crippen molar-refractivity contribution in [3.63, 3.8) is 0 Å². The zero-order valence-electron chi connectivity index (χ0n) is 14.3. The minimum absolute atomic E-state index is 0.186. The molecule has 1 fully saturated rings. The van der Waals surface area contributed by atoms with Crippen LogP contribution in [0.15, 0.2) is 28.7 Å². The molecule has 1 aromatic carbocycles. The Morgan fingerprint density at radius 1 is 1.43 bits per heavy atom. The molecule has 128 valence electrons. The van der Waals surface area contributed by atoms with Crippen molar-refractivity contribution in [2.75, 3.05) is 19.6 Å². The highest BCUT2D eigenvalue weighted by Crippen LogP contribution is 2.19. The summed E-state index contributed by atoms with van der Waals surface area (Å²) in [4.78, 5) is 14.0. The maximum Gasteiger partial charge on any atom is 0.410 e. The van der Waals surface area contributed by atoms with E-state index >= 15 is 0 Å². The van der Waals surface area contributed by atoms with E-state index in [0.717, 1.165) is 43.5 Å². The summed E-state index contributed by atoms with van der Waals surface area (Å²) in [5, 5.41) is 3.51. The summed E-state index contributed by atoms with van der Waals surface area (Å²) in [5.74, 6) is 0.489. The maximum absolute atomic E-state index is 12.2. The zero-order valence-corrected chi connectivity index (χ0v) is 15.9. The topological polar surface area (TPSA) is 41.6 Å². The zero-order chi connectivity index (χ0) is 16.9. The van der Waals surface area contributed by atoms with Gasteiger partial charge >= 0.3 is 6.09 Å². The summed E-state index contributed by atoms with van der Waals surface area (Å²) in [5.41, 5.74) is 0.836. The lowest BCUT2D eigenvalue weighted by atomic mass is 9.98. The second-order valence-corrected chi connectivity index (χ2v) is 8.11. The number of nitrogens with zero attached hydrogens (tertiary/aromatic N) is 1. The van der Waals surface area contributed by atoms with Gasteiger partial charge in [0.05, 0.1) is 0 Å². The van der Waals surface area contributed by atoms with Gasteiger partial charge in [-0.1, -0.05) is 28.1 Å². The van der Waals surface area contributed by atoms with Gasteiger partial charge in [0.15, 0.2) is 0 Å². The molecule has 1 aliphatic rings. The van der Waals surface area contributed by atoms with Crippen LogP contribution in [0, 0.1) is 5.92 Å². The molecule has 1 heterocycles. The van der Waals surface area contributed by atoms with Crippen LogP contribution >= 0.6 is 15.9 Å². The molecule has 2 rings (SSSR count). The largest absolute Gasteiger partial charge is 0.444 e. The Balaban J connectivity index is 1.76. The molecule has 0 radical (unpaired) electrons. The molecule has 5 heteroatoms. The molecular formula is C18H27BrN2O2. The standard InChI is InChI=1S/C18H27BrN2O2/c1-18(2,3)23-17(22)21-9-5-7-15(13-21)12-20-11-14-6-4-8-16(19)10-14/h4,6,8,10,15,20H,5,7,9,11-13H2,1-3H3/t15-/m1/s1. The van der Waals surface area contributed by atoms with Gasteiger partial charge in [-0.3, -0.25) is 0 Å². The van der Waals surface area contributed by atoms with Crippen LogP contribution in [0.3, 0.4) is 0 Å². The molecule has 0 bridgehead atoms. The van der Waals surface area contributed by atoms with Crippen LogP contribution in [0.4, 0.5) is 4.79 Å². The number of carbonyl (C=O) groups excluding carboxylic acids is 1. The van der Waals surface area contributed by atoms with Crippen LogP contribution in [0.1, 0.15) is 39.2 Å². The molecule has 0 spiro atoms. The summed E-state index contributed by atoms with van der Waals surface area (Å²) in [7, 11) is 0. The fourth-order valence-corrected chi connectivity index (χ4v) is 3.24. The van der Waals surface area contributed by atoms with Crippen molar-refractivity contribution in [1.82, 2.24) is 10.2 Å². The van der Waals surface area contributed by atoms with E-state index < -0.39 is 5.60 Å². The van der Waals surface area contributed by atoms with Gasteiger partial charge in [-0.2, -0.15) is 0 Å². The van der Waals surface area contributed by atoms with Crippen LogP contribution < -0.4 is 5.32 Å². The summed E-state index contributed by atoms with van der Waals surface area (Å²) in [6, 6.07) is 8.32. The number of nitrogens with one attached hydrogen (secondary N) is 1. The first-order chi connectivity index (χ1) is 10.8. The quantitative estimate of drug-likeness (QED) is 0.848. The van der Waals surface area contributed by atoms with E-state index in [1.54, 1.807) is 0 Å². The highest BCUT2D eigenvalue weighted by Gasteiger charge is 2.27. The van der Waals surface area contributed by atoms with Crippen molar-refractivity contribution in [2.45, 2.75) is 45.8 Å². The van der Waals surface area contributed by atoms with E-state index in [2.05, 4.69) is 33.4 Å². The van der Waals surface area contributed by atoms with Crippen molar-refractivity contribution in [3.05, 3.63) is 34.3 Å². The first-order valence-electron chi connectivity index (χ1n) is 8.26. The molecule has 1 saturated heterocycles. The van der Waals surface area contributed by atoms with Crippen LogP contribution in [-0.4, -0.2) is 36.2 Å². The minimum atomic E-state index is -0.428. The average Bonchev–Trinajstić information content (AvgIpc) is 2.46. The van der Waals surface area contributed by atoms with Gasteiger partial charge in [0.1, 0.15) is 5.60 Å². The molecule has 1 aliphatic heterocycles. The molecule has 1 amide bonds. The van der Waals surface area contributed by atoms with Gasteiger partial charge in [0, 0.05) is 24.1 Å². The molecule has 0 aromatic heterocycles. The monoisotopic (exact) mass is 382 g/mol. The van der Waals surface area contributed by atoms with E-state index in [9.17, 15) is 4.79 Å². The van der Waals surface area contributed by atoms with E-state index in [-0.39, 0.29) is 6.09 Å². The summed E-state index contributed by atoms with van der Waals surface area (Å²) < 4.78 is 6.58. The minimum Gasteiger partial charge on any atom is -0.444 e. The predicted octanol–water partition coefficient (Wildman–Crippen LogP) is 4.19. The van der Waals surface area contributed by atoms with Crippen molar-refractivity contribution in [1.29, 1.82) is 0 Å². The maximum atomic E-state index is 12.2. The third kappa shape index (κ3) is 6.51. The number of hydrogen-bond acceptors (Lipinski definition) is 3. The first-order valence-corrected chi connectivity index (χ1v) is 9.06. The fraction of sp³-hybridized carbons (Fsp3) is 0.611. The lowest BCUT2D eigenvalue weighted by Crippen LogP contribution is -2.44. The Morgan fingerprint density at radius 2 is 2.22 bits per heavy atom. The number of piperidine rings is 1. The second kappa shape index (κ2) is 8.15. The number of hydrogen-bond donors (Lipinski definition) is 1. The molecule has 4 nitrogen and oxygen atoms in total. The van der Waals surface area contributed by atoms with Crippen LogP contribution in [-0.2, 0) is 11.3 Å². The second-order valence-electron chi connectivity index (χ2n) is 7.20. The van der Waals surface area contributed by atoms with E-state index in [4.69, 9.17) is 4.74 Å². The Bertz CT molecular complexity index is 528. The van der Waals surface area contributed by atoms with Crippen LogP contribution in [0.2, 0.25) is 0 Å². The first kappa shape index (κ1) is 18.3. The Kier molecular flexibility index (Phi) is 6.48. The Hall–Kier alpha value is -1.07. The highest BCUT2D eigenvalue weighted by atomic mass is 79.9. The van der Waals surface area contributed by atoms with Crippen molar-refractivity contribution >= 4 is 22.0 Å². The van der Waals surface area contributed by atoms with Crippen LogP contribution in [0.5, 0.6) is 0 Å². The molecule has 0 unspecified atom stereocenters. The number of rotatable bonds is 4. The molecule has 23 heavy (non-hydrogen) atoms. The van der Waals surface area contributed by atoms with E-state index in [1.165, 1.54) is 5.56 Å². The van der Waals surface area contributed by atoms with Gasteiger partial charge in [-0.05, 0) is 63.8 Å². The van der Waals surface area contributed by atoms with E-state index in [1.807, 2.05) is 37.8 Å². The van der Waals surface area contributed by atoms with Gasteiger partial charge in [0.25, 0.3) is 0 Å². The fourth-order valence-electron chi connectivity index (χ4n) is 2.79. The SMILES string of the molecule is CC(C)(C)OC(=O)N1CCC[C@H](CNCc2cccc(Br)c2)C1. The summed E-state index contributed by atoms with van der Waals surface area (Å²) in [6.07, 6.45) is 2.02. The van der Waals surface area contributed by atoms with Crippen molar-refractivity contribution in [2.24, 2.45) is 5.92 Å². The number of likely N-dealkylation sites (tertiary alicyclic amines) is 1. The van der Waals surface area contributed by atoms with Gasteiger partial charge in [-0.15, -0.1) is 0 Å².